The maximum absolute atomic E-state index is 11.8. The zero-order chi connectivity index (χ0) is 17.0. The number of hydrogen-bond acceptors (Lipinski definition) is 4. The van der Waals surface area contributed by atoms with Crippen molar-refractivity contribution in [3.05, 3.63) is 29.6 Å². The molecule has 1 saturated heterocycles. The van der Waals surface area contributed by atoms with E-state index in [9.17, 15) is 4.79 Å². The zero-order valence-corrected chi connectivity index (χ0v) is 15.2. The number of piperazine rings is 1. The highest BCUT2D eigenvalue weighted by Gasteiger charge is 2.20. The van der Waals surface area contributed by atoms with E-state index in [4.69, 9.17) is 0 Å². The van der Waals surface area contributed by atoms with Gasteiger partial charge in [0.25, 0.3) is 0 Å². The van der Waals surface area contributed by atoms with Crippen molar-refractivity contribution < 1.29 is 4.79 Å². The first-order valence-corrected chi connectivity index (χ1v) is 8.36. The summed E-state index contributed by atoms with van der Waals surface area (Å²) in [6.45, 7) is 11.9. The third-order valence-corrected chi connectivity index (χ3v) is 4.32. The molecule has 0 N–H and O–H groups in total. The van der Waals surface area contributed by atoms with E-state index in [1.807, 2.05) is 20.3 Å². The molecule has 1 fully saturated rings. The van der Waals surface area contributed by atoms with Crippen LogP contribution in [-0.4, -0.2) is 72.4 Å². The molecule has 1 aromatic heterocycles. The number of pyridine rings is 1. The molecule has 23 heavy (non-hydrogen) atoms. The Morgan fingerprint density at radius 3 is 2.22 bits per heavy atom. The molecule has 1 aliphatic heterocycles. The van der Waals surface area contributed by atoms with E-state index in [1.54, 1.807) is 4.90 Å². The molecule has 1 amide bonds. The normalized spacial score (nSPS) is 17.3. The molecule has 5 heteroatoms. The first kappa shape index (κ1) is 17.9. The van der Waals surface area contributed by atoms with Gasteiger partial charge in [0.1, 0.15) is 0 Å². The van der Waals surface area contributed by atoms with Crippen LogP contribution in [0.1, 0.15) is 32.0 Å². The highest BCUT2D eigenvalue weighted by Crippen LogP contribution is 2.20. The van der Waals surface area contributed by atoms with Gasteiger partial charge in [-0.3, -0.25) is 19.6 Å². The molecule has 0 atom stereocenters. The van der Waals surface area contributed by atoms with Gasteiger partial charge >= 0.3 is 0 Å². The molecule has 0 unspecified atom stereocenters. The smallest absolute Gasteiger partial charge is 0.236 e. The predicted molar refractivity (Wildman–Crippen MR) is 93.3 cm³/mol. The number of hydrogen-bond donors (Lipinski definition) is 0. The fraction of sp³-hybridized carbons (Fsp3) is 0.667. The van der Waals surface area contributed by atoms with E-state index in [0.29, 0.717) is 6.54 Å². The van der Waals surface area contributed by atoms with Crippen LogP contribution in [0.5, 0.6) is 0 Å². The minimum atomic E-state index is 0.100. The minimum absolute atomic E-state index is 0.100. The van der Waals surface area contributed by atoms with E-state index in [1.165, 1.54) is 5.56 Å². The fourth-order valence-electron chi connectivity index (χ4n) is 2.66. The van der Waals surface area contributed by atoms with Crippen molar-refractivity contribution in [2.45, 2.75) is 32.7 Å². The summed E-state index contributed by atoms with van der Waals surface area (Å²) >= 11 is 0. The molecular formula is C18H30N4O. The summed E-state index contributed by atoms with van der Waals surface area (Å²) in [7, 11) is 3.62. The zero-order valence-electron chi connectivity index (χ0n) is 15.2. The number of carbonyl (C=O) groups is 1. The Hall–Kier alpha value is -1.46. The molecule has 128 valence electrons. The SMILES string of the molecule is CN(C)C(=O)CN1CCN(Cc2ccc(C(C)(C)C)nc2)CC1. The van der Waals surface area contributed by atoms with Gasteiger partial charge < -0.3 is 4.90 Å². The summed E-state index contributed by atoms with van der Waals surface area (Å²) in [5.41, 5.74) is 2.49. The molecule has 0 saturated carbocycles. The van der Waals surface area contributed by atoms with Gasteiger partial charge in [0, 0.05) is 64.1 Å². The Morgan fingerprint density at radius 1 is 1.13 bits per heavy atom. The highest BCUT2D eigenvalue weighted by atomic mass is 16.2. The van der Waals surface area contributed by atoms with Gasteiger partial charge in [-0.1, -0.05) is 26.8 Å². The summed E-state index contributed by atoms with van der Waals surface area (Å²) in [6, 6.07) is 4.33. The van der Waals surface area contributed by atoms with E-state index >= 15 is 0 Å². The lowest BCUT2D eigenvalue weighted by Gasteiger charge is -2.34. The monoisotopic (exact) mass is 318 g/mol. The average molecular weight is 318 g/mol. The quantitative estimate of drug-likeness (QED) is 0.845. The lowest BCUT2D eigenvalue weighted by Crippen LogP contribution is -2.48. The number of aromatic nitrogens is 1. The van der Waals surface area contributed by atoms with Gasteiger partial charge in [0.05, 0.1) is 6.54 Å². The van der Waals surface area contributed by atoms with Crippen molar-refractivity contribution in [1.29, 1.82) is 0 Å². The van der Waals surface area contributed by atoms with Gasteiger partial charge in [-0.15, -0.1) is 0 Å². The van der Waals surface area contributed by atoms with Crippen LogP contribution in [0.25, 0.3) is 0 Å². The minimum Gasteiger partial charge on any atom is -0.348 e. The Morgan fingerprint density at radius 2 is 1.74 bits per heavy atom. The second-order valence-electron chi connectivity index (χ2n) is 7.64. The molecule has 0 bridgehead atoms. The van der Waals surface area contributed by atoms with Crippen molar-refractivity contribution in [3.8, 4) is 0 Å². The molecule has 0 aromatic carbocycles. The van der Waals surface area contributed by atoms with Crippen LogP contribution in [0.15, 0.2) is 18.3 Å². The van der Waals surface area contributed by atoms with Crippen LogP contribution in [0.2, 0.25) is 0 Å². The molecular weight excluding hydrogens is 288 g/mol. The molecule has 0 radical (unpaired) electrons. The fourth-order valence-corrected chi connectivity index (χ4v) is 2.66. The highest BCUT2D eigenvalue weighted by molar-refractivity contribution is 5.77. The van der Waals surface area contributed by atoms with Crippen molar-refractivity contribution in [1.82, 2.24) is 19.7 Å². The van der Waals surface area contributed by atoms with E-state index in [-0.39, 0.29) is 11.3 Å². The first-order valence-electron chi connectivity index (χ1n) is 8.36. The summed E-state index contributed by atoms with van der Waals surface area (Å²) in [5.74, 6) is 0.181. The number of likely N-dealkylation sites (N-methyl/N-ethyl adjacent to an activating group) is 1. The average Bonchev–Trinajstić information content (AvgIpc) is 2.49. The van der Waals surface area contributed by atoms with Crippen molar-refractivity contribution in [2.75, 3.05) is 46.8 Å². The van der Waals surface area contributed by atoms with Crippen LogP contribution in [0, 0.1) is 0 Å². The van der Waals surface area contributed by atoms with Gasteiger partial charge in [-0.25, -0.2) is 0 Å². The Balaban J connectivity index is 1.81. The second kappa shape index (κ2) is 7.41. The Labute approximate surface area is 140 Å². The third kappa shape index (κ3) is 5.29. The van der Waals surface area contributed by atoms with Gasteiger partial charge in [0.2, 0.25) is 5.91 Å². The molecule has 0 spiro atoms. The standard InChI is InChI=1S/C18H30N4O/c1-18(2,3)16-7-6-15(12-19-16)13-21-8-10-22(11-9-21)14-17(23)20(4)5/h6-7,12H,8-11,13-14H2,1-5H3. The van der Waals surface area contributed by atoms with Crippen LogP contribution < -0.4 is 0 Å². The summed E-state index contributed by atoms with van der Waals surface area (Å²) in [5, 5.41) is 0. The summed E-state index contributed by atoms with van der Waals surface area (Å²) < 4.78 is 0. The largest absolute Gasteiger partial charge is 0.348 e. The van der Waals surface area contributed by atoms with Crippen molar-refractivity contribution in [3.63, 3.8) is 0 Å². The summed E-state index contributed by atoms with van der Waals surface area (Å²) in [6.07, 6.45) is 2.00. The molecule has 5 nitrogen and oxygen atoms in total. The molecule has 1 aliphatic rings. The van der Waals surface area contributed by atoms with E-state index in [0.717, 1.165) is 38.4 Å². The molecule has 2 heterocycles. The lowest BCUT2D eigenvalue weighted by molar-refractivity contribution is -0.130. The van der Waals surface area contributed by atoms with Crippen LogP contribution in [0.3, 0.4) is 0 Å². The Kier molecular flexibility index (Phi) is 5.76. The molecule has 2 rings (SSSR count). The van der Waals surface area contributed by atoms with Gasteiger partial charge in [0.15, 0.2) is 0 Å². The van der Waals surface area contributed by atoms with Crippen LogP contribution in [0.4, 0.5) is 0 Å². The maximum atomic E-state index is 11.8. The molecule has 0 aliphatic carbocycles. The number of amides is 1. The number of carbonyl (C=O) groups excluding carboxylic acids is 1. The Bertz CT molecular complexity index is 511. The number of nitrogens with zero attached hydrogens (tertiary/aromatic N) is 4. The van der Waals surface area contributed by atoms with E-state index in [2.05, 4.69) is 47.7 Å². The van der Waals surface area contributed by atoms with Crippen molar-refractivity contribution in [2.24, 2.45) is 0 Å². The van der Waals surface area contributed by atoms with Crippen LogP contribution in [-0.2, 0) is 16.8 Å². The maximum Gasteiger partial charge on any atom is 0.236 e. The topological polar surface area (TPSA) is 39.7 Å². The summed E-state index contributed by atoms with van der Waals surface area (Å²) in [4.78, 5) is 22.7. The first-order chi connectivity index (χ1) is 10.8. The van der Waals surface area contributed by atoms with Crippen molar-refractivity contribution >= 4 is 5.91 Å². The lowest BCUT2D eigenvalue weighted by atomic mass is 9.91. The van der Waals surface area contributed by atoms with E-state index < -0.39 is 0 Å². The third-order valence-electron chi connectivity index (χ3n) is 4.32. The molecule has 1 aromatic rings. The van der Waals surface area contributed by atoms with Gasteiger partial charge in [-0.05, 0) is 11.6 Å². The number of rotatable bonds is 4. The van der Waals surface area contributed by atoms with Gasteiger partial charge in [-0.2, -0.15) is 0 Å². The van der Waals surface area contributed by atoms with Crippen LogP contribution >= 0.6 is 0 Å². The second-order valence-corrected chi connectivity index (χ2v) is 7.64. The predicted octanol–water partition coefficient (Wildman–Crippen LogP) is 1.58.